The Morgan fingerprint density at radius 1 is 1.20 bits per heavy atom. The summed E-state index contributed by atoms with van der Waals surface area (Å²) in [7, 11) is 2.09. The highest BCUT2D eigenvalue weighted by Gasteiger charge is 2.22. The topological polar surface area (TPSA) is 15.6 Å². The Labute approximate surface area is 155 Å². The molecular formula is C23H36N2. The highest BCUT2D eigenvalue weighted by molar-refractivity contribution is 5.86. The second-order valence-electron chi connectivity index (χ2n) is 6.71. The van der Waals surface area contributed by atoms with Gasteiger partial charge < -0.3 is 4.90 Å². The van der Waals surface area contributed by atoms with E-state index in [0.717, 1.165) is 18.7 Å². The fraction of sp³-hybridized carbons (Fsp3) is 0.522. The lowest BCUT2D eigenvalue weighted by atomic mass is 9.87. The summed E-state index contributed by atoms with van der Waals surface area (Å²) in [6, 6.07) is 0. The maximum atomic E-state index is 5.03. The van der Waals surface area contributed by atoms with Crippen LogP contribution in [0.15, 0.2) is 65.9 Å². The molecule has 1 fully saturated rings. The summed E-state index contributed by atoms with van der Waals surface area (Å²) in [6.45, 7) is 13.0. The minimum Gasteiger partial charge on any atom is -0.334 e. The number of likely N-dealkylation sites (N-methyl/N-ethyl adjacent to an activating group) is 1. The zero-order valence-electron chi connectivity index (χ0n) is 16.5. The van der Waals surface area contributed by atoms with Crippen LogP contribution in [0.25, 0.3) is 0 Å². The van der Waals surface area contributed by atoms with E-state index in [2.05, 4.69) is 57.2 Å². The van der Waals surface area contributed by atoms with Gasteiger partial charge in [-0.25, -0.2) is 0 Å². The fourth-order valence-corrected chi connectivity index (χ4v) is 3.12. The van der Waals surface area contributed by atoms with E-state index in [1.807, 2.05) is 12.2 Å². The Morgan fingerprint density at radius 3 is 2.52 bits per heavy atom. The average molecular weight is 341 g/mol. The highest BCUT2D eigenvalue weighted by Crippen LogP contribution is 2.27. The van der Waals surface area contributed by atoms with Gasteiger partial charge in [0.2, 0.25) is 0 Å². The lowest BCUT2D eigenvalue weighted by molar-refractivity contribution is 0.411. The van der Waals surface area contributed by atoms with Crippen LogP contribution in [0.3, 0.4) is 0 Å². The van der Waals surface area contributed by atoms with Crippen LogP contribution in [-0.4, -0.2) is 24.3 Å². The van der Waals surface area contributed by atoms with Crippen molar-refractivity contribution in [2.45, 2.75) is 58.8 Å². The monoisotopic (exact) mass is 340 g/mol. The largest absolute Gasteiger partial charge is 0.334 e. The second-order valence-corrected chi connectivity index (χ2v) is 6.71. The number of amidine groups is 1. The molecule has 0 aromatic heterocycles. The molecule has 25 heavy (non-hydrogen) atoms. The van der Waals surface area contributed by atoms with Gasteiger partial charge in [0.15, 0.2) is 0 Å². The predicted octanol–water partition coefficient (Wildman–Crippen LogP) is 6.46. The van der Waals surface area contributed by atoms with Gasteiger partial charge in [0.05, 0.1) is 6.54 Å². The molecule has 1 aliphatic rings. The van der Waals surface area contributed by atoms with Gasteiger partial charge in [-0.05, 0) is 37.8 Å². The van der Waals surface area contributed by atoms with Crippen molar-refractivity contribution in [1.29, 1.82) is 0 Å². The standard InChI is InChI=1S/C23H36N2/c1-6-9-12-16-21(8-3)19-24-23(22-17-13-11-14-18-22)25(5)20(4)15-10-7-2/h7-8,10,12,15-16,22H,2,4,6,9,11,13-14,17-19H2,1,3,5H3/b15-10-,16-12-,21-8+,24-23-. The first-order valence-electron chi connectivity index (χ1n) is 9.71. The Bertz CT molecular complexity index is 528. The molecule has 1 saturated carbocycles. The zero-order chi connectivity index (χ0) is 18.5. The molecule has 0 spiro atoms. The number of nitrogens with zero attached hydrogens (tertiary/aromatic N) is 2. The van der Waals surface area contributed by atoms with Crippen LogP contribution in [0, 0.1) is 5.92 Å². The molecule has 0 aromatic carbocycles. The third-order valence-electron chi connectivity index (χ3n) is 4.75. The van der Waals surface area contributed by atoms with Gasteiger partial charge in [-0.15, -0.1) is 0 Å². The van der Waals surface area contributed by atoms with Crippen LogP contribution in [0.5, 0.6) is 0 Å². The summed E-state index contributed by atoms with van der Waals surface area (Å²) >= 11 is 0. The van der Waals surface area contributed by atoms with Gasteiger partial charge in [0, 0.05) is 18.7 Å². The minimum atomic E-state index is 0.547. The molecule has 0 saturated heterocycles. The van der Waals surface area contributed by atoms with Crippen LogP contribution in [0.4, 0.5) is 0 Å². The summed E-state index contributed by atoms with van der Waals surface area (Å²) in [4.78, 5) is 7.19. The molecular weight excluding hydrogens is 304 g/mol. The van der Waals surface area contributed by atoms with Crippen LogP contribution >= 0.6 is 0 Å². The summed E-state index contributed by atoms with van der Waals surface area (Å²) in [6.07, 6.45) is 21.1. The molecule has 0 heterocycles. The van der Waals surface area contributed by atoms with Crippen LogP contribution in [0.2, 0.25) is 0 Å². The van der Waals surface area contributed by atoms with Gasteiger partial charge in [0.1, 0.15) is 5.84 Å². The van der Waals surface area contributed by atoms with Crippen molar-refractivity contribution in [3.8, 4) is 0 Å². The van der Waals surface area contributed by atoms with Gasteiger partial charge in [0.25, 0.3) is 0 Å². The molecule has 2 nitrogen and oxygen atoms in total. The van der Waals surface area contributed by atoms with Gasteiger partial charge >= 0.3 is 0 Å². The zero-order valence-corrected chi connectivity index (χ0v) is 16.5. The van der Waals surface area contributed by atoms with Crippen LogP contribution in [0.1, 0.15) is 58.8 Å². The number of hydrogen-bond acceptors (Lipinski definition) is 1. The fourth-order valence-electron chi connectivity index (χ4n) is 3.12. The second kappa shape index (κ2) is 12.5. The van der Waals surface area contributed by atoms with E-state index in [0.29, 0.717) is 5.92 Å². The molecule has 0 amide bonds. The van der Waals surface area contributed by atoms with Gasteiger partial charge in [-0.2, -0.15) is 0 Å². The maximum Gasteiger partial charge on any atom is 0.107 e. The molecule has 0 unspecified atom stereocenters. The normalized spacial score (nSPS) is 17.4. The van der Waals surface area contributed by atoms with Crippen LogP contribution in [-0.2, 0) is 0 Å². The smallest absolute Gasteiger partial charge is 0.107 e. The lowest BCUT2D eigenvalue weighted by Gasteiger charge is -2.31. The molecule has 138 valence electrons. The molecule has 0 aromatic rings. The molecule has 1 rings (SSSR count). The number of rotatable bonds is 9. The van der Waals surface area contributed by atoms with Crippen molar-refractivity contribution in [1.82, 2.24) is 4.90 Å². The molecule has 2 heteroatoms. The Hall–Kier alpha value is -1.83. The first-order chi connectivity index (χ1) is 12.1. The number of aliphatic imine (C=N–C) groups is 1. The van der Waals surface area contributed by atoms with Gasteiger partial charge in [-0.3, -0.25) is 4.99 Å². The van der Waals surface area contributed by atoms with E-state index in [-0.39, 0.29) is 0 Å². The first-order valence-corrected chi connectivity index (χ1v) is 9.71. The van der Waals surface area contributed by atoms with Gasteiger partial charge in [-0.1, -0.05) is 76.1 Å². The molecule has 0 aliphatic heterocycles. The number of hydrogen-bond donors (Lipinski definition) is 0. The van der Waals surface area contributed by atoms with Crippen molar-refractivity contribution in [2.75, 3.05) is 13.6 Å². The quantitative estimate of drug-likeness (QED) is 0.267. The molecule has 0 atom stereocenters. The highest BCUT2D eigenvalue weighted by atomic mass is 15.2. The van der Waals surface area contributed by atoms with Crippen molar-refractivity contribution >= 4 is 5.84 Å². The molecule has 1 aliphatic carbocycles. The van der Waals surface area contributed by atoms with Crippen molar-refractivity contribution in [3.63, 3.8) is 0 Å². The van der Waals surface area contributed by atoms with E-state index in [1.54, 1.807) is 6.08 Å². The predicted molar refractivity (Wildman–Crippen MR) is 113 cm³/mol. The number of unbranched alkanes of at least 4 members (excludes halogenated alkanes) is 1. The van der Waals surface area contributed by atoms with Crippen LogP contribution < -0.4 is 0 Å². The third kappa shape index (κ3) is 7.72. The molecule has 0 N–H and O–H groups in total. The first kappa shape index (κ1) is 21.2. The Balaban J connectivity index is 2.94. The molecule has 0 radical (unpaired) electrons. The summed E-state index contributed by atoms with van der Waals surface area (Å²) < 4.78 is 0. The Morgan fingerprint density at radius 2 is 1.92 bits per heavy atom. The molecule has 0 bridgehead atoms. The summed E-state index contributed by atoms with van der Waals surface area (Å²) in [5.74, 6) is 1.73. The number of allylic oxidation sites excluding steroid dienone is 5. The van der Waals surface area contributed by atoms with E-state index in [1.165, 1.54) is 49.9 Å². The van der Waals surface area contributed by atoms with E-state index >= 15 is 0 Å². The third-order valence-corrected chi connectivity index (χ3v) is 4.75. The summed E-state index contributed by atoms with van der Waals surface area (Å²) in [5, 5.41) is 0. The maximum absolute atomic E-state index is 5.03. The lowest BCUT2D eigenvalue weighted by Crippen LogP contribution is -2.33. The van der Waals surface area contributed by atoms with E-state index in [4.69, 9.17) is 4.99 Å². The van der Waals surface area contributed by atoms with Crippen molar-refractivity contribution in [3.05, 3.63) is 60.9 Å². The van der Waals surface area contributed by atoms with E-state index in [9.17, 15) is 0 Å². The van der Waals surface area contributed by atoms with E-state index < -0.39 is 0 Å². The minimum absolute atomic E-state index is 0.547. The SMILES string of the molecule is C=C/C=C\C(=C)N(C)/C(=N\CC(/C=C\CCC)=C/C)C1CCCCC1. The Kier molecular flexibility index (Phi) is 10.6. The van der Waals surface area contributed by atoms with Crippen molar-refractivity contribution < 1.29 is 0 Å². The van der Waals surface area contributed by atoms with Crippen molar-refractivity contribution in [2.24, 2.45) is 10.9 Å². The average Bonchev–Trinajstić information content (AvgIpc) is 2.65. The summed E-state index contributed by atoms with van der Waals surface area (Å²) in [5.41, 5.74) is 2.25.